The minimum absolute atomic E-state index is 0.802. The summed E-state index contributed by atoms with van der Waals surface area (Å²) in [6.45, 7) is 4.82. The van der Waals surface area contributed by atoms with E-state index in [9.17, 15) is 0 Å². The molecule has 0 bridgehead atoms. The van der Waals surface area contributed by atoms with Gasteiger partial charge in [0.1, 0.15) is 0 Å². The van der Waals surface area contributed by atoms with Gasteiger partial charge in [0.15, 0.2) is 0 Å². The molecule has 0 aromatic rings. The van der Waals surface area contributed by atoms with Gasteiger partial charge in [-0.1, -0.05) is 18.2 Å². The number of rotatable bonds is 2. The van der Waals surface area contributed by atoms with Crippen LogP contribution in [0.25, 0.3) is 0 Å². The van der Waals surface area contributed by atoms with Gasteiger partial charge in [-0.25, -0.2) is 0 Å². The zero-order valence-corrected chi connectivity index (χ0v) is 8.50. The number of nitrogens with zero attached hydrogens (tertiary/aromatic N) is 1. The third-order valence-corrected chi connectivity index (χ3v) is 3.15. The summed E-state index contributed by atoms with van der Waals surface area (Å²) in [7, 11) is 0. The average Bonchev–Trinajstić information content (AvgIpc) is 2.54. The molecule has 1 saturated heterocycles. The van der Waals surface area contributed by atoms with Gasteiger partial charge < -0.3 is 0 Å². The summed E-state index contributed by atoms with van der Waals surface area (Å²) in [5, 5.41) is 0. The monoisotopic (exact) mass is 177 g/mol. The predicted molar refractivity (Wildman–Crippen MR) is 56.7 cm³/mol. The van der Waals surface area contributed by atoms with Gasteiger partial charge in [-0.05, 0) is 44.7 Å². The minimum atomic E-state index is 0.802. The van der Waals surface area contributed by atoms with E-state index < -0.39 is 0 Å². The number of allylic oxidation sites excluding steroid dienone is 2. The van der Waals surface area contributed by atoms with E-state index in [0.717, 1.165) is 6.04 Å². The fourth-order valence-corrected chi connectivity index (χ4v) is 2.25. The summed E-state index contributed by atoms with van der Waals surface area (Å²) in [5.41, 5.74) is 1.53. The van der Waals surface area contributed by atoms with E-state index in [-0.39, 0.29) is 0 Å². The Morgan fingerprint density at radius 1 is 1.46 bits per heavy atom. The Morgan fingerprint density at radius 3 is 3.00 bits per heavy atom. The zero-order chi connectivity index (χ0) is 9.10. The molecule has 0 spiro atoms. The van der Waals surface area contributed by atoms with E-state index in [1.165, 1.54) is 44.3 Å². The van der Waals surface area contributed by atoms with Crippen molar-refractivity contribution in [3.63, 3.8) is 0 Å². The molecule has 1 nitrogen and oxygen atoms in total. The molecule has 0 unspecified atom stereocenters. The average molecular weight is 177 g/mol. The molecule has 2 aliphatic rings. The molecule has 1 heteroatoms. The first kappa shape index (κ1) is 9.01. The maximum absolute atomic E-state index is 2.60. The quantitative estimate of drug-likeness (QED) is 0.627. The molecular weight excluding hydrogens is 158 g/mol. The highest BCUT2D eigenvalue weighted by molar-refractivity contribution is 5.23. The first-order valence-corrected chi connectivity index (χ1v) is 5.46. The summed E-state index contributed by atoms with van der Waals surface area (Å²) in [6.07, 6.45) is 12.2. The molecule has 0 aromatic heterocycles. The van der Waals surface area contributed by atoms with Crippen LogP contribution in [-0.4, -0.2) is 24.0 Å². The van der Waals surface area contributed by atoms with Crippen LogP contribution >= 0.6 is 0 Å². The highest BCUT2D eigenvalue weighted by Gasteiger charge is 2.20. The lowest BCUT2D eigenvalue weighted by molar-refractivity contribution is 0.293. The van der Waals surface area contributed by atoms with Gasteiger partial charge in [-0.3, -0.25) is 4.90 Å². The fraction of sp³-hybridized carbons (Fsp3) is 0.667. The predicted octanol–water partition coefficient (Wildman–Crippen LogP) is 2.75. The standard InChI is InChI=1S/C12H19N/c1-11-6-5-9-13(11)10-12-7-3-2-4-8-12/h3,7-8,11H,2,4-6,9-10H2,1H3/t11-/m1/s1. The minimum Gasteiger partial charge on any atom is -0.296 e. The maximum atomic E-state index is 2.60. The summed E-state index contributed by atoms with van der Waals surface area (Å²) >= 11 is 0. The van der Waals surface area contributed by atoms with E-state index in [0.29, 0.717) is 0 Å². The van der Waals surface area contributed by atoms with Crippen LogP contribution in [0.5, 0.6) is 0 Å². The van der Waals surface area contributed by atoms with Gasteiger partial charge in [0.25, 0.3) is 0 Å². The molecule has 0 aromatic carbocycles. The van der Waals surface area contributed by atoms with Crippen LogP contribution in [0.1, 0.15) is 32.6 Å². The van der Waals surface area contributed by atoms with E-state index in [2.05, 4.69) is 30.1 Å². The lowest BCUT2D eigenvalue weighted by atomic mass is 10.1. The van der Waals surface area contributed by atoms with Crippen molar-refractivity contribution in [1.29, 1.82) is 0 Å². The summed E-state index contributed by atoms with van der Waals surface area (Å²) in [5.74, 6) is 0. The number of likely N-dealkylation sites (tertiary alicyclic amines) is 1. The maximum Gasteiger partial charge on any atom is 0.0233 e. The molecule has 72 valence electrons. The third-order valence-electron chi connectivity index (χ3n) is 3.15. The summed E-state index contributed by atoms with van der Waals surface area (Å²) in [4.78, 5) is 2.60. The Kier molecular flexibility index (Phi) is 2.84. The Bertz CT molecular complexity index is 227. The van der Waals surface area contributed by atoms with Crippen molar-refractivity contribution in [2.24, 2.45) is 0 Å². The van der Waals surface area contributed by atoms with E-state index in [1.807, 2.05) is 0 Å². The van der Waals surface area contributed by atoms with Crippen LogP contribution in [0.3, 0.4) is 0 Å². The van der Waals surface area contributed by atoms with Crippen molar-refractivity contribution < 1.29 is 0 Å². The van der Waals surface area contributed by atoms with Crippen molar-refractivity contribution in [3.05, 3.63) is 23.8 Å². The molecule has 0 amide bonds. The topological polar surface area (TPSA) is 3.24 Å². The summed E-state index contributed by atoms with van der Waals surface area (Å²) < 4.78 is 0. The van der Waals surface area contributed by atoms with Crippen LogP contribution in [0, 0.1) is 0 Å². The molecule has 1 aliphatic carbocycles. The van der Waals surface area contributed by atoms with E-state index in [4.69, 9.17) is 0 Å². The highest BCUT2D eigenvalue weighted by atomic mass is 15.2. The number of hydrogen-bond acceptors (Lipinski definition) is 1. The first-order chi connectivity index (χ1) is 6.36. The van der Waals surface area contributed by atoms with Crippen LogP contribution < -0.4 is 0 Å². The van der Waals surface area contributed by atoms with Gasteiger partial charge in [0.05, 0.1) is 0 Å². The SMILES string of the molecule is C[C@@H]1CCCN1CC1=CCCC=C1. The molecule has 0 saturated carbocycles. The molecule has 1 heterocycles. The Labute approximate surface area is 81.1 Å². The van der Waals surface area contributed by atoms with Gasteiger partial charge in [0.2, 0.25) is 0 Å². The molecular formula is C12H19N. The molecule has 1 aliphatic heterocycles. The lowest BCUT2D eigenvalue weighted by Crippen LogP contribution is -2.28. The van der Waals surface area contributed by atoms with Crippen LogP contribution in [0.2, 0.25) is 0 Å². The van der Waals surface area contributed by atoms with Crippen molar-refractivity contribution in [2.45, 2.75) is 38.6 Å². The normalized spacial score (nSPS) is 29.3. The molecule has 1 fully saturated rings. The smallest absolute Gasteiger partial charge is 0.0233 e. The Hall–Kier alpha value is -0.560. The van der Waals surface area contributed by atoms with Gasteiger partial charge in [0, 0.05) is 12.6 Å². The summed E-state index contributed by atoms with van der Waals surface area (Å²) in [6, 6.07) is 0.802. The lowest BCUT2D eigenvalue weighted by Gasteiger charge is -2.22. The second-order valence-corrected chi connectivity index (χ2v) is 4.22. The Morgan fingerprint density at radius 2 is 2.38 bits per heavy atom. The van der Waals surface area contributed by atoms with Crippen LogP contribution in [0.15, 0.2) is 23.8 Å². The van der Waals surface area contributed by atoms with E-state index in [1.54, 1.807) is 0 Å². The second kappa shape index (κ2) is 4.10. The first-order valence-electron chi connectivity index (χ1n) is 5.46. The van der Waals surface area contributed by atoms with Gasteiger partial charge in [-0.2, -0.15) is 0 Å². The fourth-order valence-electron chi connectivity index (χ4n) is 2.25. The van der Waals surface area contributed by atoms with Crippen molar-refractivity contribution in [3.8, 4) is 0 Å². The van der Waals surface area contributed by atoms with Crippen LogP contribution in [-0.2, 0) is 0 Å². The van der Waals surface area contributed by atoms with Crippen LogP contribution in [0.4, 0.5) is 0 Å². The molecule has 0 N–H and O–H groups in total. The van der Waals surface area contributed by atoms with Gasteiger partial charge in [-0.15, -0.1) is 0 Å². The molecule has 0 radical (unpaired) electrons. The molecule has 2 rings (SSSR count). The van der Waals surface area contributed by atoms with Gasteiger partial charge >= 0.3 is 0 Å². The van der Waals surface area contributed by atoms with E-state index >= 15 is 0 Å². The van der Waals surface area contributed by atoms with Crippen molar-refractivity contribution >= 4 is 0 Å². The van der Waals surface area contributed by atoms with Crippen molar-refractivity contribution in [1.82, 2.24) is 4.90 Å². The zero-order valence-electron chi connectivity index (χ0n) is 8.50. The molecule has 1 atom stereocenters. The largest absolute Gasteiger partial charge is 0.296 e. The number of hydrogen-bond donors (Lipinski definition) is 0. The Balaban J connectivity index is 1.89. The second-order valence-electron chi connectivity index (χ2n) is 4.22. The third kappa shape index (κ3) is 2.22. The molecule has 13 heavy (non-hydrogen) atoms. The van der Waals surface area contributed by atoms with Crippen molar-refractivity contribution in [2.75, 3.05) is 13.1 Å². The highest BCUT2D eigenvalue weighted by Crippen LogP contribution is 2.19.